The van der Waals surface area contributed by atoms with E-state index in [2.05, 4.69) is 9.97 Å². The topological polar surface area (TPSA) is 71.8 Å². The minimum atomic E-state index is -0.394. The molecular weight excluding hydrogens is 314 g/mol. The van der Waals surface area contributed by atoms with Gasteiger partial charge < -0.3 is 4.98 Å². The normalized spacial score (nSPS) is 11.2. The lowest BCUT2D eigenvalue weighted by atomic mass is 10.1. The Morgan fingerprint density at radius 2 is 1.96 bits per heavy atom. The van der Waals surface area contributed by atoms with Crippen LogP contribution in [0.5, 0.6) is 0 Å². The van der Waals surface area contributed by atoms with Crippen LogP contribution < -0.4 is 0 Å². The van der Waals surface area contributed by atoms with Crippen molar-refractivity contribution >= 4 is 39.1 Å². The van der Waals surface area contributed by atoms with E-state index in [0.29, 0.717) is 15.9 Å². The number of nitro benzene ring substituents is 1. The summed E-state index contributed by atoms with van der Waals surface area (Å²) in [5.41, 5.74) is 3.27. The molecule has 4 aromatic rings. The number of hydrogen-bond donors (Lipinski definition) is 1. The van der Waals surface area contributed by atoms with Gasteiger partial charge in [-0.15, -0.1) is 0 Å². The lowest BCUT2D eigenvalue weighted by Crippen LogP contribution is -1.91. The summed E-state index contributed by atoms with van der Waals surface area (Å²) in [6.45, 7) is 0. The first-order valence-electron chi connectivity index (χ1n) is 6.95. The van der Waals surface area contributed by atoms with Gasteiger partial charge in [0, 0.05) is 33.8 Å². The lowest BCUT2D eigenvalue weighted by molar-refractivity contribution is -0.383. The molecule has 0 aliphatic carbocycles. The summed E-state index contributed by atoms with van der Waals surface area (Å²) in [6.07, 6.45) is 1.87. The second-order valence-corrected chi connectivity index (χ2v) is 5.63. The third kappa shape index (κ3) is 2.22. The summed E-state index contributed by atoms with van der Waals surface area (Å²) in [5, 5.41) is 13.2. The van der Waals surface area contributed by atoms with Crippen molar-refractivity contribution in [3.63, 3.8) is 0 Å². The quantitative estimate of drug-likeness (QED) is 0.419. The highest BCUT2D eigenvalue weighted by Crippen LogP contribution is 2.32. The SMILES string of the molecule is O=[N+]([O-])c1cccc2nc(-c3c[nH]c4ccc(Cl)cc34)ccc12. The van der Waals surface area contributed by atoms with Crippen LogP contribution in [0.25, 0.3) is 33.1 Å². The average Bonchev–Trinajstić information content (AvgIpc) is 2.96. The molecule has 0 saturated heterocycles. The molecule has 112 valence electrons. The van der Waals surface area contributed by atoms with Crippen molar-refractivity contribution < 1.29 is 4.92 Å². The molecule has 1 N–H and O–H groups in total. The van der Waals surface area contributed by atoms with E-state index in [-0.39, 0.29) is 5.69 Å². The first kappa shape index (κ1) is 13.7. The van der Waals surface area contributed by atoms with Crippen LogP contribution in [0.4, 0.5) is 5.69 Å². The number of rotatable bonds is 2. The molecule has 0 saturated carbocycles. The van der Waals surface area contributed by atoms with Crippen molar-refractivity contribution in [3.8, 4) is 11.3 Å². The smallest absolute Gasteiger partial charge is 0.278 e. The maximum Gasteiger partial charge on any atom is 0.278 e. The maximum atomic E-state index is 11.1. The predicted octanol–water partition coefficient (Wildman–Crippen LogP) is 4.94. The highest BCUT2D eigenvalue weighted by Gasteiger charge is 2.14. The highest BCUT2D eigenvalue weighted by atomic mass is 35.5. The minimum Gasteiger partial charge on any atom is -0.360 e. The molecular formula is C17H10ClN3O2. The Kier molecular flexibility index (Phi) is 3.02. The van der Waals surface area contributed by atoms with Crippen LogP contribution in [0.1, 0.15) is 0 Å². The second-order valence-electron chi connectivity index (χ2n) is 5.19. The number of non-ortho nitro benzene ring substituents is 1. The van der Waals surface area contributed by atoms with E-state index in [9.17, 15) is 10.1 Å². The monoisotopic (exact) mass is 323 g/mol. The lowest BCUT2D eigenvalue weighted by Gasteiger charge is -2.03. The molecule has 0 aliphatic rings. The number of aromatic amines is 1. The van der Waals surface area contributed by atoms with Crippen molar-refractivity contribution in [1.82, 2.24) is 9.97 Å². The molecule has 4 rings (SSSR count). The van der Waals surface area contributed by atoms with E-state index in [4.69, 9.17) is 11.6 Å². The van der Waals surface area contributed by atoms with Crippen molar-refractivity contribution in [2.45, 2.75) is 0 Å². The fourth-order valence-corrected chi connectivity index (χ4v) is 2.92. The van der Waals surface area contributed by atoms with Gasteiger partial charge in [0.1, 0.15) is 0 Å². The molecule has 0 unspecified atom stereocenters. The van der Waals surface area contributed by atoms with Gasteiger partial charge in [-0.25, -0.2) is 4.98 Å². The predicted molar refractivity (Wildman–Crippen MR) is 90.7 cm³/mol. The summed E-state index contributed by atoms with van der Waals surface area (Å²) in [6, 6.07) is 14.0. The van der Waals surface area contributed by atoms with Gasteiger partial charge in [0.15, 0.2) is 0 Å². The molecule has 2 aromatic heterocycles. The molecule has 0 fully saturated rings. The maximum absolute atomic E-state index is 11.1. The molecule has 2 heterocycles. The van der Waals surface area contributed by atoms with Crippen LogP contribution in [-0.2, 0) is 0 Å². The van der Waals surface area contributed by atoms with Crippen molar-refractivity contribution in [2.24, 2.45) is 0 Å². The van der Waals surface area contributed by atoms with Gasteiger partial charge in [0.2, 0.25) is 0 Å². The van der Waals surface area contributed by atoms with Gasteiger partial charge in [-0.3, -0.25) is 10.1 Å². The van der Waals surface area contributed by atoms with E-state index < -0.39 is 4.92 Å². The minimum absolute atomic E-state index is 0.0588. The Morgan fingerprint density at radius 3 is 2.78 bits per heavy atom. The van der Waals surface area contributed by atoms with Crippen LogP contribution >= 0.6 is 11.6 Å². The molecule has 23 heavy (non-hydrogen) atoms. The van der Waals surface area contributed by atoms with E-state index in [1.165, 1.54) is 6.07 Å². The number of nitrogens with zero attached hydrogens (tertiary/aromatic N) is 2. The van der Waals surface area contributed by atoms with Gasteiger partial charge in [-0.2, -0.15) is 0 Å². The molecule has 6 heteroatoms. The van der Waals surface area contributed by atoms with E-state index in [0.717, 1.165) is 22.2 Å². The van der Waals surface area contributed by atoms with E-state index >= 15 is 0 Å². The molecule has 5 nitrogen and oxygen atoms in total. The number of benzene rings is 2. The third-order valence-electron chi connectivity index (χ3n) is 3.83. The number of hydrogen-bond acceptors (Lipinski definition) is 3. The van der Waals surface area contributed by atoms with Gasteiger partial charge in [0.25, 0.3) is 5.69 Å². The van der Waals surface area contributed by atoms with Gasteiger partial charge in [-0.05, 0) is 36.4 Å². The van der Waals surface area contributed by atoms with Crippen molar-refractivity contribution in [2.75, 3.05) is 0 Å². The van der Waals surface area contributed by atoms with E-state index in [1.54, 1.807) is 24.3 Å². The van der Waals surface area contributed by atoms with Gasteiger partial charge in [0.05, 0.1) is 21.5 Å². The Hall–Kier alpha value is -2.92. The first-order valence-corrected chi connectivity index (χ1v) is 7.32. The largest absolute Gasteiger partial charge is 0.360 e. The summed E-state index contributed by atoms with van der Waals surface area (Å²) in [7, 11) is 0. The molecule has 2 aromatic carbocycles. The zero-order chi connectivity index (χ0) is 16.0. The first-order chi connectivity index (χ1) is 11.1. The summed E-state index contributed by atoms with van der Waals surface area (Å²) < 4.78 is 0. The molecule has 0 amide bonds. The van der Waals surface area contributed by atoms with Crippen molar-refractivity contribution in [1.29, 1.82) is 0 Å². The Morgan fingerprint density at radius 1 is 1.09 bits per heavy atom. The second kappa shape index (κ2) is 5.07. The van der Waals surface area contributed by atoms with Crippen LogP contribution in [-0.4, -0.2) is 14.9 Å². The Bertz CT molecular complexity index is 1070. The fourth-order valence-electron chi connectivity index (χ4n) is 2.75. The van der Waals surface area contributed by atoms with Gasteiger partial charge >= 0.3 is 0 Å². The summed E-state index contributed by atoms with van der Waals surface area (Å²) >= 11 is 6.08. The Labute approximate surface area is 135 Å². The average molecular weight is 324 g/mol. The van der Waals surface area contributed by atoms with Crippen LogP contribution in [0.3, 0.4) is 0 Å². The van der Waals surface area contributed by atoms with Gasteiger partial charge in [-0.1, -0.05) is 17.7 Å². The van der Waals surface area contributed by atoms with Crippen LogP contribution in [0.2, 0.25) is 5.02 Å². The number of aromatic nitrogens is 2. The molecule has 0 bridgehead atoms. The summed E-state index contributed by atoms with van der Waals surface area (Å²) in [4.78, 5) is 18.5. The zero-order valence-corrected chi connectivity index (χ0v) is 12.5. The highest BCUT2D eigenvalue weighted by molar-refractivity contribution is 6.31. The zero-order valence-electron chi connectivity index (χ0n) is 11.8. The molecule has 0 radical (unpaired) electrons. The number of halogens is 1. The van der Waals surface area contributed by atoms with Crippen LogP contribution in [0.15, 0.2) is 54.7 Å². The standard InChI is InChI=1S/C17H10ClN3O2/c18-10-4-6-14-12(8-10)13(9-19-14)16-7-5-11-15(20-16)2-1-3-17(11)21(22)23/h1-9,19H. The fraction of sp³-hybridized carbons (Fsp3) is 0. The number of nitro groups is 1. The number of fused-ring (bicyclic) bond motifs is 2. The molecule has 0 spiro atoms. The third-order valence-corrected chi connectivity index (χ3v) is 4.06. The number of H-pyrrole nitrogens is 1. The Balaban J connectivity index is 1.95. The molecule has 0 atom stereocenters. The van der Waals surface area contributed by atoms with Crippen molar-refractivity contribution in [3.05, 3.63) is 69.9 Å². The number of pyridine rings is 1. The summed E-state index contributed by atoms with van der Waals surface area (Å²) in [5.74, 6) is 0. The molecule has 0 aliphatic heterocycles. The number of nitrogens with one attached hydrogen (secondary N) is 1. The van der Waals surface area contributed by atoms with Crippen LogP contribution in [0, 0.1) is 10.1 Å². The van der Waals surface area contributed by atoms with E-state index in [1.807, 2.05) is 24.4 Å².